The van der Waals surface area contributed by atoms with Crippen LogP contribution in [0.2, 0.25) is 0 Å². The summed E-state index contributed by atoms with van der Waals surface area (Å²) in [6, 6.07) is 6.94. The Bertz CT molecular complexity index is 339. The van der Waals surface area contributed by atoms with Crippen LogP contribution in [-0.2, 0) is 11.2 Å². The normalized spacial score (nSPS) is 12.1. The number of carbonyl (C=O) groups is 1. The molecule has 1 unspecified atom stereocenters. The molecule has 4 heteroatoms. The second-order valence-corrected chi connectivity index (χ2v) is 3.34. The number of aliphatic carboxylic acids is 1. The zero-order chi connectivity index (χ0) is 11.3. The number of anilines is 1. The number of carboxylic acids is 1. The second kappa shape index (κ2) is 5.36. The molecule has 0 amide bonds. The van der Waals surface area contributed by atoms with Gasteiger partial charge in [-0.15, -0.1) is 0 Å². The van der Waals surface area contributed by atoms with Crippen molar-refractivity contribution in [3.63, 3.8) is 0 Å². The van der Waals surface area contributed by atoms with E-state index in [2.05, 4.69) is 12.2 Å². The summed E-state index contributed by atoms with van der Waals surface area (Å²) in [7, 11) is 0. The van der Waals surface area contributed by atoms with E-state index in [4.69, 9.17) is 10.8 Å². The Balaban J connectivity index is 2.60. The van der Waals surface area contributed by atoms with Gasteiger partial charge in [-0.2, -0.15) is 0 Å². The molecule has 0 bridgehead atoms. The second-order valence-electron chi connectivity index (χ2n) is 3.34. The molecule has 0 fully saturated rings. The summed E-state index contributed by atoms with van der Waals surface area (Å²) < 4.78 is 0. The van der Waals surface area contributed by atoms with E-state index in [1.54, 1.807) is 0 Å². The van der Waals surface area contributed by atoms with Crippen LogP contribution in [-0.4, -0.2) is 23.7 Å². The minimum atomic E-state index is -0.989. The quantitative estimate of drug-likeness (QED) is 0.676. The first-order valence-corrected chi connectivity index (χ1v) is 4.95. The fourth-order valence-corrected chi connectivity index (χ4v) is 1.31. The lowest BCUT2D eigenvalue weighted by atomic mass is 10.1. The summed E-state index contributed by atoms with van der Waals surface area (Å²) in [5.74, 6) is -0.989. The van der Waals surface area contributed by atoms with Crippen LogP contribution in [0.4, 0.5) is 5.69 Å². The van der Waals surface area contributed by atoms with E-state index in [0.29, 0.717) is 0 Å². The monoisotopic (exact) mass is 208 g/mol. The Morgan fingerprint density at radius 1 is 1.53 bits per heavy atom. The molecule has 0 radical (unpaired) electrons. The predicted molar refractivity (Wildman–Crippen MR) is 59.9 cm³/mol. The van der Waals surface area contributed by atoms with Gasteiger partial charge in [0.2, 0.25) is 0 Å². The Morgan fingerprint density at radius 2 is 2.20 bits per heavy atom. The van der Waals surface area contributed by atoms with Gasteiger partial charge in [-0.1, -0.05) is 25.1 Å². The third kappa shape index (κ3) is 3.25. The van der Waals surface area contributed by atoms with Crippen molar-refractivity contribution in [1.29, 1.82) is 0 Å². The molecule has 0 heterocycles. The fourth-order valence-electron chi connectivity index (χ4n) is 1.31. The standard InChI is InChI=1S/C11H16N2O2/c1-2-8-5-3-4-6-10(8)13-7-9(12)11(14)15/h3-6,9,13H,2,7,12H2,1H3,(H,14,15). The first-order valence-electron chi connectivity index (χ1n) is 4.95. The van der Waals surface area contributed by atoms with Crippen LogP contribution >= 0.6 is 0 Å². The summed E-state index contributed by atoms with van der Waals surface area (Å²) in [5.41, 5.74) is 7.51. The van der Waals surface area contributed by atoms with Gasteiger partial charge in [-0.25, -0.2) is 0 Å². The highest BCUT2D eigenvalue weighted by atomic mass is 16.4. The molecule has 4 N–H and O–H groups in total. The van der Waals surface area contributed by atoms with Crippen molar-refractivity contribution in [2.24, 2.45) is 5.73 Å². The summed E-state index contributed by atoms with van der Waals surface area (Å²) in [6.07, 6.45) is 0.908. The van der Waals surface area contributed by atoms with Gasteiger partial charge >= 0.3 is 5.97 Å². The summed E-state index contributed by atoms with van der Waals surface area (Å²) in [4.78, 5) is 10.5. The summed E-state index contributed by atoms with van der Waals surface area (Å²) in [5, 5.41) is 11.7. The molecule has 0 saturated carbocycles. The van der Waals surface area contributed by atoms with Crippen LogP contribution in [0, 0.1) is 0 Å². The van der Waals surface area contributed by atoms with E-state index < -0.39 is 12.0 Å². The average molecular weight is 208 g/mol. The maximum atomic E-state index is 10.5. The van der Waals surface area contributed by atoms with E-state index in [0.717, 1.165) is 17.7 Å². The van der Waals surface area contributed by atoms with Gasteiger partial charge in [0, 0.05) is 12.2 Å². The SMILES string of the molecule is CCc1ccccc1NCC(N)C(=O)O. The average Bonchev–Trinajstić information content (AvgIpc) is 2.26. The Morgan fingerprint density at radius 3 is 2.80 bits per heavy atom. The lowest BCUT2D eigenvalue weighted by Crippen LogP contribution is -2.37. The first-order chi connectivity index (χ1) is 7.15. The van der Waals surface area contributed by atoms with Gasteiger partial charge in [-0.3, -0.25) is 4.79 Å². The lowest BCUT2D eigenvalue weighted by Gasteiger charge is -2.12. The number of rotatable bonds is 5. The Kier molecular flexibility index (Phi) is 4.12. The molecular weight excluding hydrogens is 192 g/mol. The molecule has 4 nitrogen and oxygen atoms in total. The zero-order valence-corrected chi connectivity index (χ0v) is 8.73. The van der Waals surface area contributed by atoms with Crippen LogP contribution < -0.4 is 11.1 Å². The number of nitrogens with two attached hydrogens (primary N) is 1. The predicted octanol–water partition coefficient (Wildman–Crippen LogP) is 1.07. The number of benzene rings is 1. The van der Waals surface area contributed by atoms with Crippen molar-refractivity contribution in [3.8, 4) is 0 Å². The highest BCUT2D eigenvalue weighted by molar-refractivity contribution is 5.74. The fraction of sp³-hybridized carbons (Fsp3) is 0.364. The molecule has 0 aromatic heterocycles. The van der Waals surface area contributed by atoms with Crippen molar-refractivity contribution in [2.75, 3.05) is 11.9 Å². The van der Waals surface area contributed by atoms with Gasteiger partial charge < -0.3 is 16.2 Å². The van der Waals surface area contributed by atoms with E-state index in [-0.39, 0.29) is 6.54 Å². The van der Waals surface area contributed by atoms with Gasteiger partial charge in [-0.05, 0) is 18.1 Å². The van der Waals surface area contributed by atoms with Crippen LogP contribution in [0.25, 0.3) is 0 Å². The van der Waals surface area contributed by atoms with E-state index in [1.807, 2.05) is 24.3 Å². The molecule has 0 aliphatic rings. The molecule has 15 heavy (non-hydrogen) atoms. The highest BCUT2D eigenvalue weighted by Crippen LogP contribution is 2.14. The van der Waals surface area contributed by atoms with Crippen molar-refractivity contribution < 1.29 is 9.90 Å². The van der Waals surface area contributed by atoms with Crippen LogP contribution in [0.3, 0.4) is 0 Å². The highest BCUT2D eigenvalue weighted by Gasteiger charge is 2.10. The van der Waals surface area contributed by atoms with Crippen molar-refractivity contribution in [3.05, 3.63) is 29.8 Å². The summed E-state index contributed by atoms with van der Waals surface area (Å²) in [6.45, 7) is 2.30. The van der Waals surface area contributed by atoms with Crippen LogP contribution in [0.15, 0.2) is 24.3 Å². The Hall–Kier alpha value is -1.55. The number of hydrogen-bond donors (Lipinski definition) is 3. The summed E-state index contributed by atoms with van der Waals surface area (Å²) >= 11 is 0. The Labute approximate surface area is 89.1 Å². The van der Waals surface area contributed by atoms with Gasteiger partial charge in [0.1, 0.15) is 6.04 Å². The van der Waals surface area contributed by atoms with Crippen LogP contribution in [0.1, 0.15) is 12.5 Å². The van der Waals surface area contributed by atoms with E-state index in [1.165, 1.54) is 0 Å². The maximum Gasteiger partial charge on any atom is 0.322 e. The van der Waals surface area contributed by atoms with Gasteiger partial charge in [0.15, 0.2) is 0 Å². The van der Waals surface area contributed by atoms with E-state index in [9.17, 15) is 4.79 Å². The van der Waals surface area contributed by atoms with Crippen molar-refractivity contribution in [2.45, 2.75) is 19.4 Å². The number of aryl methyl sites for hydroxylation is 1. The van der Waals surface area contributed by atoms with Crippen molar-refractivity contribution in [1.82, 2.24) is 0 Å². The molecule has 82 valence electrons. The minimum Gasteiger partial charge on any atom is -0.480 e. The van der Waals surface area contributed by atoms with Gasteiger partial charge in [0.05, 0.1) is 0 Å². The molecule has 1 rings (SSSR count). The molecule has 0 saturated heterocycles. The number of nitrogens with one attached hydrogen (secondary N) is 1. The lowest BCUT2D eigenvalue weighted by molar-refractivity contribution is -0.138. The van der Waals surface area contributed by atoms with Gasteiger partial charge in [0.25, 0.3) is 0 Å². The smallest absolute Gasteiger partial charge is 0.322 e. The zero-order valence-electron chi connectivity index (χ0n) is 8.73. The molecule has 1 aromatic rings. The third-order valence-corrected chi connectivity index (χ3v) is 2.23. The number of carboxylic acid groups (broad SMARTS) is 1. The largest absolute Gasteiger partial charge is 0.480 e. The molecule has 0 spiro atoms. The molecule has 1 atom stereocenters. The molecular formula is C11H16N2O2. The number of para-hydroxylation sites is 1. The van der Waals surface area contributed by atoms with E-state index >= 15 is 0 Å². The molecule has 0 aliphatic carbocycles. The first kappa shape index (κ1) is 11.5. The molecule has 0 aliphatic heterocycles. The number of hydrogen-bond acceptors (Lipinski definition) is 3. The van der Waals surface area contributed by atoms with Crippen molar-refractivity contribution >= 4 is 11.7 Å². The molecule has 1 aromatic carbocycles. The maximum absolute atomic E-state index is 10.5. The minimum absolute atomic E-state index is 0.242. The third-order valence-electron chi connectivity index (χ3n) is 2.23. The van der Waals surface area contributed by atoms with Crippen LogP contribution in [0.5, 0.6) is 0 Å². The topological polar surface area (TPSA) is 75.3 Å².